The second-order valence-corrected chi connectivity index (χ2v) is 7.50. The van der Waals surface area contributed by atoms with Crippen LogP contribution in [0.1, 0.15) is 36.1 Å². The lowest BCUT2D eigenvalue weighted by atomic mass is 9.79. The first kappa shape index (κ1) is 19.3. The molecule has 4 rings (SSSR count). The van der Waals surface area contributed by atoms with Gasteiger partial charge in [0, 0.05) is 28.5 Å². The average molecular weight is 411 g/mol. The molecule has 3 heterocycles. The molecule has 1 aromatic carbocycles. The molecule has 3 aromatic rings. The van der Waals surface area contributed by atoms with E-state index in [1.165, 1.54) is 12.3 Å². The molecule has 29 heavy (non-hydrogen) atoms. The molecule has 0 amide bonds. The van der Waals surface area contributed by atoms with Crippen molar-refractivity contribution >= 4 is 17.4 Å². The second kappa shape index (κ2) is 7.44. The third kappa shape index (κ3) is 3.34. The zero-order chi connectivity index (χ0) is 20.6. The number of aromatic nitrogens is 2. The highest BCUT2D eigenvalue weighted by Gasteiger charge is 2.45. The number of benzene rings is 1. The van der Waals surface area contributed by atoms with Crippen molar-refractivity contribution in [2.75, 3.05) is 0 Å². The topological polar surface area (TPSA) is 70.1 Å². The van der Waals surface area contributed by atoms with Gasteiger partial charge >= 0.3 is 0 Å². The molecule has 0 spiro atoms. The largest absolute Gasteiger partial charge is 0.364 e. The summed E-state index contributed by atoms with van der Waals surface area (Å²) in [4.78, 5) is 23.4. The lowest BCUT2D eigenvalue weighted by molar-refractivity contribution is 0.449. The van der Waals surface area contributed by atoms with Crippen LogP contribution >= 0.6 is 11.6 Å². The lowest BCUT2D eigenvalue weighted by Crippen LogP contribution is -2.41. The summed E-state index contributed by atoms with van der Waals surface area (Å²) in [5.74, 6) is 0.0691. The predicted molar refractivity (Wildman–Crippen MR) is 112 cm³/mol. The second-order valence-electron chi connectivity index (χ2n) is 7.06. The summed E-state index contributed by atoms with van der Waals surface area (Å²) in [6.07, 6.45) is 3.70. The third-order valence-electron chi connectivity index (χ3n) is 5.35. The molecule has 0 bridgehead atoms. The van der Waals surface area contributed by atoms with Gasteiger partial charge < -0.3 is 10.3 Å². The Kier molecular flexibility index (Phi) is 4.96. The number of halogens is 2. The normalized spacial score (nSPS) is 21.0. The number of aromatic amines is 1. The van der Waals surface area contributed by atoms with E-state index in [0.717, 1.165) is 11.1 Å². The van der Waals surface area contributed by atoms with E-state index < -0.39 is 11.5 Å². The fourth-order valence-corrected chi connectivity index (χ4v) is 3.96. The van der Waals surface area contributed by atoms with E-state index in [1.807, 2.05) is 32.0 Å². The molecule has 2 aromatic heterocycles. The Morgan fingerprint density at radius 1 is 1.17 bits per heavy atom. The van der Waals surface area contributed by atoms with Crippen molar-refractivity contribution in [3.05, 3.63) is 98.4 Å². The van der Waals surface area contributed by atoms with Gasteiger partial charge in [-0.25, -0.2) is 9.98 Å². The van der Waals surface area contributed by atoms with Crippen LogP contribution in [0.3, 0.4) is 0 Å². The van der Waals surface area contributed by atoms with Crippen LogP contribution in [0.4, 0.5) is 4.39 Å². The van der Waals surface area contributed by atoms with Gasteiger partial charge in [0.15, 0.2) is 0 Å². The maximum Gasteiger partial charge on any atom is 0.251 e. The molecule has 0 unspecified atom stereocenters. The van der Waals surface area contributed by atoms with Crippen LogP contribution in [0, 0.1) is 5.95 Å². The molecule has 0 saturated carbocycles. The molecule has 2 N–H and O–H groups in total. The molecule has 0 aliphatic carbocycles. The van der Waals surface area contributed by atoms with Crippen LogP contribution in [0.25, 0.3) is 0 Å². The number of rotatable bonds is 4. The smallest absolute Gasteiger partial charge is 0.251 e. The number of amidine groups is 1. The summed E-state index contributed by atoms with van der Waals surface area (Å²) in [5.41, 5.74) is 2.04. The van der Waals surface area contributed by atoms with Crippen molar-refractivity contribution < 1.29 is 4.39 Å². The summed E-state index contributed by atoms with van der Waals surface area (Å²) in [7, 11) is 0. The van der Waals surface area contributed by atoms with Crippen molar-refractivity contribution in [2.45, 2.75) is 31.8 Å². The highest BCUT2D eigenvalue weighted by molar-refractivity contribution is 6.30. The Hall–Kier alpha value is -2.99. The van der Waals surface area contributed by atoms with Crippen LogP contribution in [-0.4, -0.2) is 21.8 Å². The summed E-state index contributed by atoms with van der Waals surface area (Å²) < 4.78 is 14.0. The number of hydrogen-bond donors (Lipinski definition) is 2. The van der Waals surface area contributed by atoms with Gasteiger partial charge in [-0.2, -0.15) is 4.39 Å². The van der Waals surface area contributed by atoms with Crippen LogP contribution in [0.15, 0.2) is 64.6 Å². The van der Waals surface area contributed by atoms with E-state index in [0.29, 0.717) is 28.4 Å². The molecular formula is C22H20ClFN4O. The van der Waals surface area contributed by atoms with Gasteiger partial charge in [-0.05, 0) is 54.8 Å². The molecule has 148 valence electrons. The standard InChI is InChI=1S/C22H20ClFN4O/c1-3-14-10-15(12-26-21(14)29)20-27-13(2)22(28-20,16-4-6-18(23)7-5-16)17-8-9-25-19(24)11-17/h4-13H,3H2,1-2H3,(H,26,29)(H,27,28)/t13-,22+/m0/s1. The van der Waals surface area contributed by atoms with E-state index in [-0.39, 0.29) is 11.6 Å². The number of hydrogen-bond acceptors (Lipinski definition) is 4. The van der Waals surface area contributed by atoms with Crippen molar-refractivity contribution in [3.8, 4) is 0 Å². The molecule has 5 nitrogen and oxygen atoms in total. The number of nitrogens with one attached hydrogen (secondary N) is 2. The van der Waals surface area contributed by atoms with E-state index in [2.05, 4.69) is 15.3 Å². The number of H-pyrrole nitrogens is 1. The first-order valence-electron chi connectivity index (χ1n) is 9.40. The van der Waals surface area contributed by atoms with Crippen LogP contribution in [0.2, 0.25) is 5.02 Å². The van der Waals surface area contributed by atoms with Gasteiger partial charge in [-0.1, -0.05) is 30.7 Å². The minimum Gasteiger partial charge on any atom is -0.364 e. The van der Waals surface area contributed by atoms with Crippen molar-refractivity contribution in [3.63, 3.8) is 0 Å². The molecule has 2 atom stereocenters. The van der Waals surface area contributed by atoms with E-state index >= 15 is 0 Å². The minimum atomic E-state index is -0.869. The molecule has 1 aliphatic rings. The average Bonchev–Trinajstić information content (AvgIpc) is 3.07. The summed E-state index contributed by atoms with van der Waals surface area (Å²) >= 11 is 6.09. The van der Waals surface area contributed by atoms with Crippen molar-refractivity contribution in [2.24, 2.45) is 4.99 Å². The summed E-state index contributed by atoms with van der Waals surface area (Å²) in [5, 5.41) is 4.03. The molecule has 0 fully saturated rings. The van der Waals surface area contributed by atoms with E-state index in [1.54, 1.807) is 24.4 Å². The summed E-state index contributed by atoms with van der Waals surface area (Å²) in [6, 6.07) is 12.2. The Bertz CT molecular complexity index is 1140. The SMILES string of the molecule is CCc1cc(C2=N[C@](c3ccc(Cl)cc3)(c3ccnc(F)c3)[C@H](C)N2)c[nH]c1=O. The molecule has 0 saturated heterocycles. The monoisotopic (exact) mass is 410 g/mol. The quantitative estimate of drug-likeness (QED) is 0.642. The highest BCUT2D eigenvalue weighted by atomic mass is 35.5. The molecule has 0 radical (unpaired) electrons. The molecule has 7 heteroatoms. The van der Waals surface area contributed by atoms with E-state index in [9.17, 15) is 9.18 Å². The molecule has 1 aliphatic heterocycles. The Labute approximate surface area is 172 Å². The van der Waals surface area contributed by atoms with E-state index in [4.69, 9.17) is 16.6 Å². The maximum atomic E-state index is 14.0. The Balaban J connectivity index is 1.93. The first-order chi connectivity index (χ1) is 13.9. The minimum absolute atomic E-state index is 0.108. The number of aliphatic imine (C=N–C) groups is 1. The summed E-state index contributed by atoms with van der Waals surface area (Å²) in [6.45, 7) is 3.93. The number of aryl methyl sites for hydroxylation is 1. The van der Waals surface area contributed by atoms with Gasteiger partial charge in [0.25, 0.3) is 5.56 Å². The van der Waals surface area contributed by atoms with Crippen LogP contribution in [0.5, 0.6) is 0 Å². The fraction of sp³-hybridized carbons (Fsp3) is 0.227. The lowest BCUT2D eigenvalue weighted by Gasteiger charge is -2.31. The fourth-order valence-electron chi connectivity index (χ4n) is 3.83. The van der Waals surface area contributed by atoms with Crippen LogP contribution in [-0.2, 0) is 12.0 Å². The third-order valence-corrected chi connectivity index (χ3v) is 5.61. The Morgan fingerprint density at radius 2 is 1.93 bits per heavy atom. The zero-order valence-corrected chi connectivity index (χ0v) is 16.8. The number of pyridine rings is 2. The Morgan fingerprint density at radius 3 is 2.62 bits per heavy atom. The van der Waals surface area contributed by atoms with Crippen LogP contribution < -0.4 is 10.9 Å². The van der Waals surface area contributed by atoms with Crippen molar-refractivity contribution in [1.82, 2.24) is 15.3 Å². The van der Waals surface area contributed by atoms with Crippen molar-refractivity contribution in [1.29, 1.82) is 0 Å². The first-order valence-corrected chi connectivity index (χ1v) is 9.78. The zero-order valence-electron chi connectivity index (χ0n) is 16.0. The van der Waals surface area contributed by atoms with Gasteiger partial charge in [0.1, 0.15) is 11.4 Å². The van der Waals surface area contributed by atoms with Gasteiger partial charge in [0.2, 0.25) is 5.95 Å². The number of nitrogens with zero attached hydrogens (tertiary/aromatic N) is 2. The predicted octanol–water partition coefficient (Wildman–Crippen LogP) is 3.81. The van der Waals surface area contributed by atoms with Gasteiger partial charge in [0.05, 0.1) is 6.04 Å². The highest BCUT2D eigenvalue weighted by Crippen LogP contribution is 2.41. The van der Waals surface area contributed by atoms with Gasteiger partial charge in [-0.15, -0.1) is 0 Å². The maximum absolute atomic E-state index is 14.0. The molecular weight excluding hydrogens is 391 g/mol. The van der Waals surface area contributed by atoms with Gasteiger partial charge in [-0.3, -0.25) is 4.79 Å².